The highest BCUT2D eigenvalue weighted by molar-refractivity contribution is 7.92. The number of aryl methyl sites for hydroxylation is 4. The van der Waals surface area contributed by atoms with Gasteiger partial charge in [-0.25, -0.2) is 26.8 Å². The predicted octanol–water partition coefficient (Wildman–Crippen LogP) is 8.33. The minimum atomic E-state index is -3.64. The molecule has 22 nitrogen and oxygen atoms in total. The number of hydrogen-bond acceptors (Lipinski definition) is 20. The van der Waals surface area contributed by atoms with Crippen LogP contribution in [0.5, 0.6) is 23.0 Å². The predicted molar refractivity (Wildman–Crippen MR) is 298 cm³/mol. The lowest BCUT2D eigenvalue weighted by molar-refractivity contribution is 0.0380. The first-order valence-electron chi connectivity index (χ1n) is 25.0. The van der Waals surface area contributed by atoms with Crippen LogP contribution < -0.4 is 40.6 Å². The van der Waals surface area contributed by atoms with Crippen molar-refractivity contribution in [2.24, 2.45) is 14.1 Å². The zero-order valence-corrected chi connectivity index (χ0v) is 48.4. The molecule has 6 aromatic rings. The molecular weight excluding hydrogens is 1100 g/mol. The van der Waals surface area contributed by atoms with Crippen molar-refractivity contribution >= 4 is 94.8 Å². The third-order valence-electron chi connectivity index (χ3n) is 12.5. The zero-order chi connectivity index (χ0) is 55.7. The highest BCUT2D eigenvalue weighted by Crippen LogP contribution is 2.40. The Labute approximate surface area is 464 Å². The van der Waals surface area contributed by atoms with E-state index in [1.165, 1.54) is 28.0 Å². The summed E-state index contributed by atoms with van der Waals surface area (Å²) >= 11 is 18.0. The van der Waals surface area contributed by atoms with Gasteiger partial charge in [-0.1, -0.05) is 23.2 Å². The molecule has 2 saturated carbocycles. The third-order valence-corrected chi connectivity index (χ3v) is 17.3. The first-order valence-corrected chi connectivity index (χ1v) is 29.2. The molecule has 4 fully saturated rings. The first-order chi connectivity index (χ1) is 36.3. The molecule has 0 unspecified atom stereocenters. The Morgan fingerprint density at radius 2 is 1.00 bits per heavy atom. The Bertz CT molecular complexity index is 3330. The SMILES string of the molecule is CC(C)S(=O)(=O)c1nn(C)cc1Nc1nc(Cl)ncc1Cl.Cc1cc(N)c(OC2CC2)cc1OC1CN(C)C1.Cc1cc(Nc2ncc(Cl)c(Nc3cn(C)nc3S(=O)(=O)C(C)C)n2)c(OC2CC2)cc1OC1CN(C)C1. The molecule has 4 aromatic heterocycles. The van der Waals surface area contributed by atoms with Crippen molar-refractivity contribution in [3.63, 3.8) is 0 Å². The average Bonchev–Trinajstić information content (AvgIpc) is 4.28. The first kappa shape index (κ1) is 57.3. The highest BCUT2D eigenvalue weighted by Gasteiger charge is 2.32. The number of halogens is 3. The van der Waals surface area contributed by atoms with Crippen molar-refractivity contribution in [1.29, 1.82) is 0 Å². The minimum absolute atomic E-state index is 0.000873. The zero-order valence-electron chi connectivity index (χ0n) is 44.5. The minimum Gasteiger partial charge on any atom is -0.488 e. The number of aromatic nitrogens is 8. The van der Waals surface area contributed by atoms with E-state index in [1.807, 2.05) is 38.1 Å². The summed E-state index contributed by atoms with van der Waals surface area (Å²) in [5.74, 6) is 3.84. The molecule has 6 heterocycles. The van der Waals surface area contributed by atoms with Gasteiger partial charge in [-0.3, -0.25) is 19.2 Å². The molecule has 0 bridgehead atoms. The van der Waals surface area contributed by atoms with E-state index in [9.17, 15) is 16.8 Å². The van der Waals surface area contributed by atoms with Crippen LogP contribution in [0.3, 0.4) is 0 Å². The number of ether oxygens (including phenoxy) is 4. The van der Waals surface area contributed by atoms with Gasteiger partial charge in [0.25, 0.3) is 0 Å². The van der Waals surface area contributed by atoms with Crippen LogP contribution in [0.1, 0.15) is 64.5 Å². The Balaban J connectivity index is 0.000000169. The van der Waals surface area contributed by atoms with Crippen LogP contribution >= 0.6 is 34.8 Å². The Morgan fingerprint density at radius 3 is 1.47 bits per heavy atom. The topological polar surface area (TPSA) is 261 Å². The van der Waals surface area contributed by atoms with Crippen LogP contribution in [0.15, 0.2) is 59.1 Å². The average molecular weight is 1160 g/mol. The van der Waals surface area contributed by atoms with E-state index in [0.717, 1.165) is 80.2 Å². The van der Waals surface area contributed by atoms with Crippen molar-refractivity contribution in [1.82, 2.24) is 49.3 Å². The van der Waals surface area contributed by atoms with Gasteiger partial charge in [-0.05, 0) is 116 Å². The summed E-state index contributed by atoms with van der Waals surface area (Å²) in [5.41, 5.74) is 9.97. The smallest absolute Gasteiger partial charge is 0.229 e. The second kappa shape index (κ2) is 23.6. The van der Waals surface area contributed by atoms with Crippen molar-refractivity contribution in [3.05, 3.63) is 75.5 Å². The lowest BCUT2D eigenvalue weighted by atomic mass is 10.1. The van der Waals surface area contributed by atoms with Gasteiger partial charge in [-0.15, -0.1) is 0 Å². The van der Waals surface area contributed by atoms with Gasteiger partial charge in [0, 0.05) is 64.8 Å². The summed E-state index contributed by atoms with van der Waals surface area (Å²) in [4.78, 5) is 20.9. The van der Waals surface area contributed by atoms with Crippen molar-refractivity contribution in [2.45, 2.75) is 112 Å². The Hall–Kier alpha value is -5.89. The van der Waals surface area contributed by atoms with E-state index >= 15 is 0 Å². The molecule has 0 spiro atoms. The van der Waals surface area contributed by atoms with Crippen LogP contribution in [0.2, 0.25) is 15.3 Å². The number of anilines is 7. The normalized spacial score (nSPS) is 16.1. The molecule has 2 aliphatic carbocycles. The monoisotopic (exact) mass is 1160 g/mol. The van der Waals surface area contributed by atoms with E-state index in [4.69, 9.17) is 59.5 Å². The number of likely N-dealkylation sites (tertiary alicyclic amines) is 2. The molecule has 2 aromatic carbocycles. The number of sulfone groups is 2. The molecule has 4 aliphatic rings. The summed E-state index contributed by atoms with van der Waals surface area (Å²) in [6, 6.07) is 7.76. The fourth-order valence-corrected chi connectivity index (χ4v) is 10.3. The third kappa shape index (κ3) is 14.4. The quantitative estimate of drug-likeness (QED) is 0.0465. The molecule has 27 heteroatoms. The summed E-state index contributed by atoms with van der Waals surface area (Å²) in [6.45, 7) is 14.2. The molecule has 10 rings (SSSR count). The summed E-state index contributed by atoms with van der Waals surface area (Å²) < 4.78 is 77.2. The fourth-order valence-electron chi connectivity index (χ4n) is 7.73. The summed E-state index contributed by atoms with van der Waals surface area (Å²) in [7, 11) is 0.256. The number of likely N-dealkylation sites (N-methyl/N-ethyl adjacent to an activating group) is 2. The maximum absolute atomic E-state index is 12.8. The van der Waals surface area contributed by atoms with Crippen molar-refractivity contribution < 1.29 is 35.8 Å². The second-order valence-electron chi connectivity index (χ2n) is 20.2. The number of benzene rings is 2. The van der Waals surface area contributed by atoms with Gasteiger partial charge in [-0.2, -0.15) is 20.2 Å². The number of hydrogen-bond donors (Lipinski definition) is 4. The Morgan fingerprint density at radius 1 is 0.571 bits per heavy atom. The molecule has 2 saturated heterocycles. The number of nitrogens with one attached hydrogen (secondary N) is 3. The van der Waals surface area contributed by atoms with Crippen LogP contribution in [-0.2, 0) is 33.8 Å². The second-order valence-corrected chi connectivity index (χ2v) is 26.1. The van der Waals surface area contributed by atoms with Gasteiger partial charge in [0.1, 0.15) is 45.3 Å². The van der Waals surface area contributed by atoms with Crippen LogP contribution in [0.25, 0.3) is 0 Å². The molecule has 0 radical (unpaired) electrons. The molecule has 0 atom stereocenters. The lowest BCUT2D eigenvalue weighted by Crippen LogP contribution is -2.51. The fraction of sp³-hybridized carbons (Fsp3) is 0.480. The number of rotatable bonds is 18. The number of nitrogen functional groups attached to an aromatic ring is 1. The van der Waals surface area contributed by atoms with Crippen LogP contribution in [0.4, 0.5) is 40.3 Å². The standard InChI is InChI=1S/C25H32ClN7O4S.C14H20N2O2.C11H13Cl2N5O2S/c1-14(2)38(34,35)24-20(13-33(5)31-24)28-23-18(26)10-27-25(30-23)29-19-8-15(3)21(37-17-11-32(4)12-17)9-22(19)36-16-6-7-16;1-9-5-12(15)14(17-10-3-4-10)6-13(9)18-11-7-16(2)8-11;1-6(2)21(19,20)10-8(5-18(3)17-10)15-9-7(12)4-14-11(13)16-9/h8-10,13-14,16-17H,6-7,11-12H2,1-5H3,(H2,27,28,29,30);5-6,10-11H,3-4,7-8,15H2,1-2H3;4-6H,1-3H3,(H,14,15,16). The number of nitrogens with two attached hydrogens (primary N) is 1. The molecule has 5 N–H and O–H groups in total. The van der Waals surface area contributed by atoms with Crippen LogP contribution in [-0.4, -0.2) is 141 Å². The van der Waals surface area contributed by atoms with Gasteiger partial charge in [0.15, 0.2) is 11.6 Å². The molecule has 416 valence electrons. The van der Waals surface area contributed by atoms with Crippen molar-refractivity contribution in [2.75, 3.05) is 62.0 Å². The molecule has 0 amide bonds. The molecule has 2 aliphatic heterocycles. The maximum Gasteiger partial charge on any atom is 0.229 e. The molecule has 77 heavy (non-hydrogen) atoms. The lowest BCUT2D eigenvalue weighted by Gasteiger charge is -2.36. The Kier molecular flexibility index (Phi) is 17.6. The van der Waals surface area contributed by atoms with E-state index < -0.39 is 30.2 Å². The molecular formula is C50H65Cl3N14O8S2. The largest absolute Gasteiger partial charge is 0.488 e. The van der Waals surface area contributed by atoms with Crippen molar-refractivity contribution in [3.8, 4) is 23.0 Å². The highest BCUT2D eigenvalue weighted by atomic mass is 35.5. The van der Waals surface area contributed by atoms with E-state index in [0.29, 0.717) is 29.3 Å². The van der Waals surface area contributed by atoms with Gasteiger partial charge in [0.05, 0.1) is 57.9 Å². The van der Waals surface area contributed by atoms with Gasteiger partial charge in [0.2, 0.25) is 41.0 Å². The van der Waals surface area contributed by atoms with Gasteiger partial charge >= 0.3 is 0 Å². The maximum atomic E-state index is 12.8. The van der Waals surface area contributed by atoms with E-state index in [2.05, 4.69) is 70.0 Å². The summed E-state index contributed by atoms with van der Waals surface area (Å²) in [5, 5.41) is 16.3. The van der Waals surface area contributed by atoms with Gasteiger partial charge < -0.3 is 40.6 Å². The van der Waals surface area contributed by atoms with E-state index in [-0.39, 0.29) is 66.5 Å². The number of nitrogens with zero attached hydrogens (tertiary/aromatic N) is 10. The van der Waals surface area contributed by atoms with E-state index in [1.54, 1.807) is 48.0 Å². The van der Waals surface area contributed by atoms with Crippen LogP contribution in [0, 0.1) is 13.8 Å². The summed E-state index contributed by atoms with van der Waals surface area (Å²) in [6.07, 6.45) is 11.2.